The van der Waals surface area contributed by atoms with Gasteiger partial charge in [-0.3, -0.25) is 0 Å². The number of halogens is 1. The Morgan fingerprint density at radius 1 is 1.26 bits per heavy atom. The first-order chi connectivity index (χ1) is 8.63. The van der Waals surface area contributed by atoms with Gasteiger partial charge >= 0.3 is 0 Å². The van der Waals surface area contributed by atoms with E-state index in [0.717, 1.165) is 0 Å². The molecule has 0 heterocycles. The van der Waals surface area contributed by atoms with Crippen molar-refractivity contribution in [3.63, 3.8) is 0 Å². The minimum Gasteiger partial charge on any atom is -0.328 e. The summed E-state index contributed by atoms with van der Waals surface area (Å²) >= 11 is 0. The zero-order chi connectivity index (χ0) is 14.8. The van der Waals surface area contributed by atoms with Crippen molar-refractivity contribution in [2.75, 3.05) is 0 Å². The lowest BCUT2D eigenvalue weighted by atomic mass is 10.1. The maximum absolute atomic E-state index is 13.2. The van der Waals surface area contributed by atoms with Crippen molar-refractivity contribution < 1.29 is 12.8 Å². The van der Waals surface area contributed by atoms with Crippen LogP contribution in [0.25, 0.3) is 0 Å². The molecule has 0 spiro atoms. The molecule has 0 aliphatic heterocycles. The van der Waals surface area contributed by atoms with Gasteiger partial charge in [-0.1, -0.05) is 0 Å². The highest BCUT2D eigenvalue weighted by Gasteiger charge is 2.22. The first-order valence-corrected chi connectivity index (χ1v) is 7.66. The molecule has 0 amide bonds. The summed E-state index contributed by atoms with van der Waals surface area (Å²) in [6, 6.07) is 2.08. The van der Waals surface area contributed by atoms with Gasteiger partial charge in [0, 0.05) is 12.1 Å². The summed E-state index contributed by atoms with van der Waals surface area (Å²) in [7, 11) is -3.66. The third-order valence-electron chi connectivity index (χ3n) is 2.78. The SMILES string of the molecule is Cc1cc(F)cc(C)c1S(=O)(=O)NC(C)CC(C)N. The van der Waals surface area contributed by atoms with Crippen LogP contribution in [0.1, 0.15) is 31.4 Å². The number of nitrogens with two attached hydrogens (primary N) is 1. The quantitative estimate of drug-likeness (QED) is 0.868. The van der Waals surface area contributed by atoms with Crippen LogP contribution in [0.15, 0.2) is 17.0 Å². The summed E-state index contributed by atoms with van der Waals surface area (Å²) in [6.07, 6.45) is 0.540. The number of sulfonamides is 1. The van der Waals surface area contributed by atoms with Crippen molar-refractivity contribution in [3.05, 3.63) is 29.1 Å². The predicted molar refractivity (Wildman–Crippen MR) is 73.9 cm³/mol. The van der Waals surface area contributed by atoms with Gasteiger partial charge in [-0.15, -0.1) is 0 Å². The van der Waals surface area contributed by atoms with Gasteiger partial charge in [0.2, 0.25) is 10.0 Å². The van der Waals surface area contributed by atoms with Gasteiger partial charge in [0.1, 0.15) is 5.82 Å². The molecule has 3 N–H and O–H groups in total. The van der Waals surface area contributed by atoms with Crippen LogP contribution in [-0.2, 0) is 10.0 Å². The molecule has 0 saturated heterocycles. The number of hydrogen-bond acceptors (Lipinski definition) is 3. The summed E-state index contributed by atoms with van der Waals surface area (Å²) in [5.41, 5.74) is 6.45. The average molecular weight is 288 g/mol. The van der Waals surface area contributed by atoms with Crippen LogP contribution in [0, 0.1) is 19.7 Å². The third kappa shape index (κ3) is 4.26. The Labute approximate surface area is 114 Å². The molecular formula is C13H21FN2O2S. The minimum atomic E-state index is -3.66. The molecule has 2 unspecified atom stereocenters. The van der Waals surface area contributed by atoms with Gasteiger partial charge in [-0.2, -0.15) is 0 Å². The van der Waals surface area contributed by atoms with E-state index in [-0.39, 0.29) is 17.0 Å². The number of rotatable bonds is 5. The van der Waals surface area contributed by atoms with Crippen molar-refractivity contribution in [2.45, 2.75) is 51.1 Å². The zero-order valence-corrected chi connectivity index (χ0v) is 12.5. The zero-order valence-electron chi connectivity index (χ0n) is 11.7. The third-order valence-corrected chi connectivity index (χ3v) is 4.67. The van der Waals surface area contributed by atoms with E-state index in [4.69, 9.17) is 5.73 Å². The molecule has 19 heavy (non-hydrogen) atoms. The summed E-state index contributed by atoms with van der Waals surface area (Å²) in [4.78, 5) is 0.144. The van der Waals surface area contributed by atoms with E-state index in [1.54, 1.807) is 20.8 Å². The van der Waals surface area contributed by atoms with E-state index in [0.29, 0.717) is 17.5 Å². The van der Waals surface area contributed by atoms with Crippen LogP contribution in [-0.4, -0.2) is 20.5 Å². The fourth-order valence-corrected chi connectivity index (χ4v) is 3.96. The monoisotopic (exact) mass is 288 g/mol. The van der Waals surface area contributed by atoms with Crippen molar-refractivity contribution in [1.82, 2.24) is 4.72 Å². The second-order valence-corrected chi connectivity index (χ2v) is 6.75. The Morgan fingerprint density at radius 3 is 2.16 bits per heavy atom. The summed E-state index contributed by atoms with van der Waals surface area (Å²) in [5, 5.41) is 0. The lowest BCUT2D eigenvalue weighted by Crippen LogP contribution is -2.37. The highest BCUT2D eigenvalue weighted by atomic mass is 32.2. The van der Waals surface area contributed by atoms with E-state index in [2.05, 4.69) is 4.72 Å². The number of hydrogen-bond donors (Lipinski definition) is 2. The van der Waals surface area contributed by atoms with E-state index < -0.39 is 15.8 Å². The van der Waals surface area contributed by atoms with Crippen LogP contribution in [0.5, 0.6) is 0 Å². The number of benzene rings is 1. The van der Waals surface area contributed by atoms with Crippen LogP contribution in [0.3, 0.4) is 0 Å². The lowest BCUT2D eigenvalue weighted by Gasteiger charge is -2.18. The molecule has 0 radical (unpaired) electrons. The Bertz CT molecular complexity index is 533. The molecule has 1 aromatic carbocycles. The molecule has 0 aliphatic rings. The molecule has 108 valence electrons. The fraction of sp³-hybridized carbons (Fsp3) is 0.538. The van der Waals surface area contributed by atoms with Crippen molar-refractivity contribution in [3.8, 4) is 0 Å². The summed E-state index contributed by atoms with van der Waals surface area (Å²) in [5.74, 6) is -0.433. The first kappa shape index (κ1) is 16.1. The van der Waals surface area contributed by atoms with Gasteiger partial charge < -0.3 is 5.73 Å². The molecule has 0 bridgehead atoms. The number of aryl methyl sites for hydroxylation is 2. The van der Waals surface area contributed by atoms with E-state index >= 15 is 0 Å². The molecule has 0 saturated carbocycles. The molecular weight excluding hydrogens is 267 g/mol. The summed E-state index contributed by atoms with van der Waals surface area (Å²) < 4.78 is 40.4. The molecule has 4 nitrogen and oxygen atoms in total. The molecule has 0 aromatic heterocycles. The number of nitrogens with one attached hydrogen (secondary N) is 1. The van der Waals surface area contributed by atoms with Crippen LogP contribution < -0.4 is 10.5 Å². The first-order valence-electron chi connectivity index (χ1n) is 6.18. The standard InChI is InChI=1S/C13H21FN2O2S/c1-8-5-12(14)6-9(2)13(8)19(17,18)16-11(4)7-10(3)15/h5-6,10-11,16H,7,15H2,1-4H3. The highest BCUT2D eigenvalue weighted by molar-refractivity contribution is 7.89. The molecule has 0 fully saturated rings. The van der Waals surface area contributed by atoms with Crippen LogP contribution in [0.4, 0.5) is 4.39 Å². The van der Waals surface area contributed by atoms with Gasteiger partial charge in [0.25, 0.3) is 0 Å². The maximum Gasteiger partial charge on any atom is 0.241 e. The van der Waals surface area contributed by atoms with E-state index in [1.165, 1.54) is 12.1 Å². The van der Waals surface area contributed by atoms with E-state index in [9.17, 15) is 12.8 Å². The molecule has 0 aliphatic carbocycles. The molecule has 1 aromatic rings. The minimum absolute atomic E-state index is 0.0897. The largest absolute Gasteiger partial charge is 0.328 e. The molecule has 1 rings (SSSR count). The van der Waals surface area contributed by atoms with Crippen LogP contribution >= 0.6 is 0 Å². The van der Waals surface area contributed by atoms with Gasteiger partial charge in [0.15, 0.2) is 0 Å². The van der Waals surface area contributed by atoms with Gasteiger partial charge in [0.05, 0.1) is 4.90 Å². The second-order valence-electron chi connectivity index (χ2n) is 5.10. The summed E-state index contributed by atoms with van der Waals surface area (Å²) in [6.45, 7) is 6.75. The second kappa shape index (κ2) is 5.98. The van der Waals surface area contributed by atoms with Crippen molar-refractivity contribution in [2.24, 2.45) is 5.73 Å². The van der Waals surface area contributed by atoms with Crippen molar-refractivity contribution in [1.29, 1.82) is 0 Å². The maximum atomic E-state index is 13.2. The smallest absolute Gasteiger partial charge is 0.241 e. The Kier molecular flexibility index (Phi) is 5.06. The topological polar surface area (TPSA) is 72.2 Å². The molecule has 2 atom stereocenters. The normalized spacial score (nSPS) is 15.3. The van der Waals surface area contributed by atoms with Crippen LogP contribution in [0.2, 0.25) is 0 Å². The van der Waals surface area contributed by atoms with Gasteiger partial charge in [-0.25, -0.2) is 17.5 Å². The lowest BCUT2D eigenvalue weighted by molar-refractivity contribution is 0.518. The fourth-order valence-electron chi connectivity index (χ4n) is 2.25. The molecule has 6 heteroatoms. The van der Waals surface area contributed by atoms with E-state index in [1.807, 2.05) is 6.92 Å². The Balaban J connectivity index is 3.08. The predicted octanol–water partition coefficient (Wildman–Crippen LogP) is 1.85. The van der Waals surface area contributed by atoms with Crippen molar-refractivity contribution >= 4 is 10.0 Å². The van der Waals surface area contributed by atoms with Gasteiger partial charge in [-0.05, 0) is 57.4 Å². The average Bonchev–Trinajstić information content (AvgIpc) is 2.10. The Morgan fingerprint density at radius 2 is 1.74 bits per heavy atom. The Hall–Kier alpha value is -0.980. The highest BCUT2D eigenvalue weighted by Crippen LogP contribution is 2.21.